The van der Waals surface area contributed by atoms with Crippen molar-refractivity contribution in [2.24, 2.45) is 5.73 Å². The van der Waals surface area contributed by atoms with E-state index in [4.69, 9.17) is 10.5 Å². The Kier molecular flexibility index (Phi) is 4.33. The maximum Gasteiger partial charge on any atom is 0.0576 e. The molecule has 1 unspecified atom stereocenters. The van der Waals surface area contributed by atoms with Crippen molar-refractivity contribution in [1.29, 1.82) is 0 Å². The molecule has 0 spiro atoms. The molecule has 0 amide bonds. The summed E-state index contributed by atoms with van der Waals surface area (Å²) in [4.78, 5) is 0. The topological polar surface area (TPSA) is 35.2 Å². The van der Waals surface area contributed by atoms with Crippen LogP contribution in [0.4, 0.5) is 0 Å². The highest BCUT2D eigenvalue weighted by Crippen LogP contribution is 2.17. The Balaban J connectivity index is 2.03. The fraction of sp³-hybridized carbons (Fsp3) is 0.800. The van der Waals surface area contributed by atoms with E-state index in [0.29, 0.717) is 6.10 Å². The Labute approximate surface area is 74.8 Å². The van der Waals surface area contributed by atoms with Crippen LogP contribution in [0.5, 0.6) is 0 Å². The van der Waals surface area contributed by atoms with E-state index in [1.54, 1.807) is 0 Å². The molecule has 0 saturated carbocycles. The van der Waals surface area contributed by atoms with Crippen LogP contribution in [0.3, 0.4) is 0 Å². The van der Waals surface area contributed by atoms with Gasteiger partial charge in [-0.05, 0) is 32.1 Å². The molecule has 0 aromatic carbocycles. The van der Waals surface area contributed by atoms with E-state index in [9.17, 15) is 0 Å². The molecule has 2 nitrogen and oxygen atoms in total. The van der Waals surface area contributed by atoms with Crippen molar-refractivity contribution >= 4 is 0 Å². The van der Waals surface area contributed by atoms with Gasteiger partial charge in [-0.25, -0.2) is 0 Å². The van der Waals surface area contributed by atoms with Crippen molar-refractivity contribution in [3.8, 4) is 0 Å². The van der Waals surface area contributed by atoms with Gasteiger partial charge in [0.1, 0.15) is 0 Å². The number of nitrogens with two attached hydrogens (primary N) is 1. The van der Waals surface area contributed by atoms with Crippen molar-refractivity contribution in [2.75, 3.05) is 6.61 Å². The summed E-state index contributed by atoms with van der Waals surface area (Å²) in [6, 6.07) is 0.284. The van der Waals surface area contributed by atoms with Gasteiger partial charge in [0.15, 0.2) is 0 Å². The van der Waals surface area contributed by atoms with E-state index in [2.05, 4.69) is 6.58 Å². The molecule has 0 aromatic rings. The van der Waals surface area contributed by atoms with Gasteiger partial charge in [-0.1, -0.05) is 6.08 Å². The van der Waals surface area contributed by atoms with Crippen molar-refractivity contribution < 1.29 is 4.74 Å². The molecule has 1 rings (SSSR count). The van der Waals surface area contributed by atoms with Crippen LogP contribution in [0.1, 0.15) is 32.1 Å². The van der Waals surface area contributed by atoms with Crippen LogP contribution in [-0.2, 0) is 4.74 Å². The number of hydrogen-bond donors (Lipinski definition) is 1. The Morgan fingerprint density at radius 3 is 3.08 bits per heavy atom. The second-order valence-corrected chi connectivity index (χ2v) is 3.50. The van der Waals surface area contributed by atoms with E-state index >= 15 is 0 Å². The quantitative estimate of drug-likeness (QED) is 0.637. The fourth-order valence-electron chi connectivity index (χ4n) is 1.60. The molecule has 0 radical (unpaired) electrons. The van der Waals surface area contributed by atoms with Crippen LogP contribution in [-0.4, -0.2) is 18.8 Å². The zero-order valence-electron chi connectivity index (χ0n) is 7.67. The minimum Gasteiger partial charge on any atom is -0.378 e. The molecular formula is C10H19NO. The first kappa shape index (κ1) is 9.75. The lowest BCUT2D eigenvalue weighted by molar-refractivity contribution is 0.101. The van der Waals surface area contributed by atoms with Crippen LogP contribution >= 0.6 is 0 Å². The lowest BCUT2D eigenvalue weighted by Gasteiger charge is -2.12. The zero-order chi connectivity index (χ0) is 8.81. The molecule has 1 aliphatic rings. The molecule has 0 bridgehead atoms. The van der Waals surface area contributed by atoms with Gasteiger partial charge in [0.05, 0.1) is 6.10 Å². The second-order valence-electron chi connectivity index (χ2n) is 3.50. The molecule has 2 atom stereocenters. The number of ether oxygens (including phenoxy) is 1. The summed E-state index contributed by atoms with van der Waals surface area (Å²) in [5.74, 6) is 0. The standard InChI is InChI=1S/C10H19NO/c1-2-4-9(11)6-7-10-5-3-8-12-10/h2,9-10H,1,3-8,11H2/t9?,10-/m0/s1. The summed E-state index contributed by atoms with van der Waals surface area (Å²) in [6.07, 6.45) is 7.93. The van der Waals surface area contributed by atoms with E-state index in [1.165, 1.54) is 12.8 Å². The summed E-state index contributed by atoms with van der Waals surface area (Å²) >= 11 is 0. The Morgan fingerprint density at radius 1 is 1.67 bits per heavy atom. The molecule has 12 heavy (non-hydrogen) atoms. The normalized spacial score (nSPS) is 25.6. The first-order valence-corrected chi connectivity index (χ1v) is 4.81. The van der Waals surface area contributed by atoms with Crippen molar-refractivity contribution in [1.82, 2.24) is 0 Å². The largest absolute Gasteiger partial charge is 0.378 e. The summed E-state index contributed by atoms with van der Waals surface area (Å²) in [7, 11) is 0. The summed E-state index contributed by atoms with van der Waals surface area (Å²) in [6.45, 7) is 4.61. The van der Waals surface area contributed by atoms with Gasteiger partial charge in [-0.2, -0.15) is 0 Å². The highest BCUT2D eigenvalue weighted by atomic mass is 16.5. The predicted molar refractivity (Wildman–Crippen MR) is 51.0 cm³/mol. The average Bonchev–Trinajstić information content (AvgIpc) is 2.53. The fourth-order valence-corrected chi connectivity index (χ4v) is 1.60. The van der Waals surface area contributed by atoms with Gasteiger partial charge in [0.2, 0.25) is 0 Å². The van der Waals surface area contributed by atoms with Crippen LogP contribution in [0, 0.1) is 0 Å². The third kappa shape index (κ3) is 3.37. The molecule has 1 heterocycles. The maximum absolute atomic E-state index is 5.84. The first-order valence-electron chi connectivity index (χ1n) is 4.81. The van der Waals surface area contributed by atoms with Crippen molar-refractivity contribution in [3.05, 3.63) is 12.7 Å². The Bertz CT molecular complexity index is 130. The minimum atomic E-state index is 0.284. The summed E-state index contributed by atoms with van der Waals surface area (Å²) in [5, 5.41) is 0. The van der Waals surface area contributed by atoms with Crippen molar-refractivity contribution in [3.63, 3.8) is 0 Å². The SMILES string of the molecule is C=CCC(N)CC[C@@H]1CCCO1. The van der Waals surface area contributed by atoms with E-state index < -0.39 is 0 Å². The highest BCUT2D eigenvalue weighted by Gasteiger charge is 2.15. The molecule has 1 fully saturated rings. The average molecular weight is 169 g/mol. The molecule has 0 aliphatic carbocycles. The van der Waals surface area contributed by atoms with Crippen LogP contribution < -0.4 is 5.73 Å². The summed E-state index contributed by atoms with van der Waals surface area (Å²) < 4.78 is 5.50. The van der Waals surface area contributed by atoms with Gasteiger partial charge in [0, 0.05) is 12.6 Å². The third-order valence-corrected chi connectivity index (χ3v) is 2.35. The maximum atomic E-state index is 5.84. The van der Waals surface area contributed by atoms with Crippen LogP contribution in [0.2, 0.25) is 0 Å². The minimum absolute atomic E-state index is 0.284. The van der Waals surface area contributed by atoms with Crippen LogP contribution in [0.25, 0.3) is 0 Å². The smallest absolute Gasteiger partial charge is 0.0576 e. The monoisotopic (exact) mass is 169 g/mol. The van der Waals surface area contributed by atoms with Gasteiger partial charge >= 0.3 is 0 Å². The molecule has 70 valence electrons. The number of hydrogen-bond acceptors (Lipinski definition) is 2. The Morgan fingerprint density at radius 2 is 2.50 bits per heavy atom. The molecule has 1 saturated heterocycles. The zero-order valence-corrected chi connectivity index (χ0v) is 7.67. The molecule has 2 heteroatoms. The van der Waals surface area contributed by atoms with E-state index in [0.717, 1.165) is 25.9 Å². The van der Waals surface area contributed by atoms with Gasteiger partial charge in [0.25, 0.3) is 0 Å². The molecule has 2 N–H and O–H groups in total. The van der Waals surface area contributed by atoms with Gasteiger partial charge in [-0.15, -0.1) is 6.58 Å². The number of rotatable bonds is 5. The third-order valence-electron chi connectivity index (χ3n) is 2.35. The van der Waals surface area contributed by atoms with E-state index in [1.807, 2.05) is 6.08 Å². The molecule has 0 aromatic heterocycles. The van der Waals surface area contributed by atoms with Crippen LogP contribution in [0.15, 0.2) is 12.7 Å². The lowest BCUT2D eigenvalue weighted by Crippen LogP contribution is -2.21. The summed E-state index contributed by atoms with van der Waals surface area (Å²) in [5.41, 5.74) is 5.84. The molecular weight excluding hydrogens is 150 g/mol. The predicted octanol–water partition coefficient (Wildman–Crippen LogP) is 1.85. The molecule has 1 aliphatic heterocycles. The second kappa shape index (κ2) is 5.33. The Hall–Kier alpha value is -0.340. The van der Waals surface area contributed by atoms with Gasteiger partial charge in [-0.3, -0.25) is 0 Å². The van der Waals surface area contributed by atoms with Crippen molar-refractivity contribution in [2.45, 2.75) is 44.2 Å². The van der Waals surface area contributed by atoms with Gasteiger partial charge < -0.3 is 10.5 Å². The highest BCUT2D eigenvalue weighted by molar-refractivity contribution is 4.77. The first-order chi connectivity index (χ1) is 5.83. The lowest BCUT2D eigenvalue weighted by atomic mass is 10.0. The van der Waals surface area contributed by atoms with E-state index in [-0.39, 0.29) is 6.04 Å².